The second-order valence-electron chi connectivity index (χ2n) is 5.33. The molecule has 0 aliphatic carbocycles. The van der Waals surface area contributed by atoms with Gasteiger partial charge in [0.1, 0.15) is 0 Å². The maximum atomic E-state index is 6.00. The number of nitrogens with zero attached hydrogens (tertiary/aromatic N) is 2. The molecule has 0 fully saturated rings. The van der Waals surface area contributed by atoms with Crippen LogP contribution in [-0.2, 0) is 0 Å². The summed E-state index contributed by atoms with van der Waals surface area (Å²) in [7, 11) is 2.15. The van der Waals surface area contributed by atoms with Crippen LogP contribution >= 0.6 is 11.6 Å². The molecule has 0 amide bonds. The molecule has 1 N–H and O–H groups in total. The molecule has 4 heteroatoms. The first-order valence-corrected chi connectivity index (χ1v) is 7.66. The first-order valence-electron chi connectivity index (χ1n) is 7.28. The van der Waals surface area contributed by atoms with E-state index in [-0.39, 0.29) is 0 Å². The van der Waals surface area contributed by atoms with Crippen molar-refractivity contribution in [1.82, 2.24) is 0 Å². The van der Waals surface area contributed by atoms with Gasteiger partial charge in [0.05, 0.1) is 11.4 Å². The molecule has 1 heterocycles. The van der Waals surface area contributed by atoms with Gasteiger partial charge in [0.25, 0.3) is 0 Å². The molecular formula is C17H20ClN3. The predicted octanol–water partition coefficient (Wildman–Crippen LogP) is 3.71. The average molecular weight is 302 g/mol. The predicted molar refractivity (Wildman–Crippen MR) is 91.9 cm³/mol. The van der Waals surface area contributed by atoms with E-state index >= 15 is 0 Å². The van der Waals surface area contributed by atoms with Crippen LogP contribution in [-0.4, -0.2) is 33.2 Å². The van der Waals surface area contributed by atoms with Gasteiger partial charge in [0.15, 0.2) is 0 Å². The zero-order valence-corrected chi connectivity index (χ0v) is 13.0. The van der Waals surface area contributed by atoms with Crippen LogP contribution in [0.4, 0.5) is 17.1 Å². The second-order valence-corrected chi connectivity index (χ2v) is 5.77. The highest BCUT2D eigenvalue weighted by Crippen LogP contribution is 2.31. The van der Waals surface area contributed by atoms with Gasteiger partial charge in [-0.15, -0.1) is 0 Å². The van der Waals surface area contributed by atoms with E-state index in [0.29, 0.717) is 0 Å². The largest absolute Gasteiger partial charge is 0.383 e. The van der Waals surface area contributed by atoms with Gasteiger partial charge in [-0.1, -0.05) is 29.8 Å². The van der Waals surface area contributed by atoms with Crippen molar-refractivity contribution in [3.05, 3.63) is 53.6 Å². The third-order valence-electron chi connectivity index (χ3n) is 3.87. The normalized spacial score (nSPS) is 14.0. The van der Waals surface area contributed by atoms with Crippen molar-refractivity contribution >= 4 is 28.7 Å². The van der Waals surface area contributed by atoms with Gasteiger partial charge in [0, 0.05) is 43.9 Å². The molecule has 0 saturated heterocycles. The van der Waals surface area contributed by atoms with Gasteiger partial charge in [-0.3, -0.25) is 0 Å². The van der Waals surface area contributed by atoms with E-state index in [1.165, 1.54) is 11.4 Å². The summed E-state index contributed by atoms with van der Waals surface area (Å²) in [5, 5.41) is 4.20. The van der Waals surface area contributed by atoms with Crippen molar-refractivity contribution < 1.29 is 0 Å². The van der Waals surface area contributed by atoms with E-state index in [0.717, 1.165) is 36.9 Å². The minimum absolute atomic E-state index is 0.768. The number of hydrogen-bond acceptors (Lipinski definition) is 3. The number of hydrogen-bond donors (Lipinski definition) is 1. The van der Waals surface area contributed by atoms with Crippen LogP contribution in [0.15, 0.2) is 48.5 Å². The average Bonchev–Trinajstić information content (AvgIpc) is 2.50. The summed E-state index contributed by atoms with van der Waals surface area (Å²) in [6.07, 6.45) is 0. The molecule has 0 bridgehead atoms. The first-order chi connectivity index (χ1) is 10.2. The number of likely N-dealkylation sites (N-methyl/N-ethyl adjacent to an activating group) is 1. The quantitative estimate of drug-likeness (QED) is 0.929. The van der Waals surface area contributed by atoms with Crippen molar-refractivity contribution in [2.45, 2.75) is 0 Å². The summed E-state index contributed by atoms with van der Waals surface area (Å²) in [5.74, 6) is 0. The number of anilines is 3. The molecule has 0 atom stereocenters. The van der Waals surface area contributed by atoms with Crippen molar-refractivity contribution in [1.29, 1.82) is 0 Å². The van der Waals surface area contributed by atoms with Crippen LogP contribution in [0, 0.1) is 0 Å². The summed E-state index contributed by atoms with van der Waals surface area (Å²) in [5.41, 5.74) is 3.70. The fourth-order valence-electron chi connectivity index (χ4n) is 2.73. The lowest BCUT2D eigenvalue weighted by atomic mass is 10.2. The minimum Gasteiger partial charge on any atom is -0.383 e. The molecule has 2 aromatic carbocycles. The summed E-state index contributed by atoms with van der Waals surface area (Å²) < 4.78 is 0. The standard InChI is InChI=1S/C17H20ClN3/c1-20-11-12-21(17-8-3-2-7-16(17)20)10-9-19-15-6-4-5-14(18)13-15/h2-8,13,19H,9-12H2,1H3. The molecule has 2 aromatic rings. The van der Waals surface area contributed by atoms with Gasteiger partial charge < -0.3 is 15.1 Å². The van der Waals surface area contributed by atoms with E-state index < -0.39 is 0 Å². The highest BCUT2D eigenvalue weighted by atomic mass is 35.5. The van der Waals surface area contributed by atoms with Crippen LogP contribution in [0.1, 0.15) is 0 Å². The molecule has 0 radical (unpaired) electrons. The number of fused-ring (bicyclic) bond motifs is 1. The fraction of sp³-hybridized carbons (Fsp3) is 0.294. The molecule has 1 aliphatic heterocycles. The lowest BCUT2D eigenvalue weighted by Crippen LogP contribution is -2.41. The lowest BCUT2D eigenvalue weighted by Gasteiger charge is -2.37. The van der Waals surface area contributed by atoms with Crippen LogP contribution < -0.4 is 15.1 Å². The Morgan fingerprint density at radius 1 is 1.05 bits per heavy atom. The Balaban J connectivity index is 1.63. The molecule has 110 valence electrons. The third-order valence-corrected chi connectivity index (χ3v) is 4.11. The maximum Gasteiger partial charge on any atom is 0.0605 e. The molecule has 0 aromatic heterocycles. The van der Waals surface area contributed by atoms with Crippen LogP contribution in [0.5, 0.6) is 0 Å². The number of halogens is 1. The van der Waals surface area contributed by atoms with E-state index in [2.05, 4.69) is 46.4 Å². The number of nitrogens with one attached hydrogen (secondary N) is 1. The van der Waals surface area contributed by atoms with Gasteiger partial charge in [0.2, 0.25) is 0 Å². The highest BCUT2D eigenvalue weighted by Gasteiger charge is 2.18. The summed E-state index contributed by atoms with van der Waals surface area (Å²) in [6, 6.07) is 16.5. The Morgan fingerprint density at radius 3 is 2.67 bits per heavy atom. The smallest absolute Gasteiger partial charge is 0.0605 e. The van der Waals surface area contributed by atoms with E-state index in [4.69, 9.17) is 11.6 Å². The van der Waals surface area contributed by atoms with Crippen LogP contribution in [0.3, 0.4) is 0 Å². The van der Waals surface area contributed by atoms with Crippen molar-refractivity contribution in [2.75, 3.05) is 48.3 Å². The zero-order chi connectivity index (χ0) is 14.7. The van der Waals surface area contributed by atoms with Crippen molar-refractivity contribution in [3.8, 4) is 0 Å². The molecule has 3 nitrogen and oxygen atoms in total. The fourth-order valence-corrected chi connectivity index (χ4v) is 2.92. The Kier molecular flexibility index (Phi) is 4.20. The van der Waals surface area contributed by atoms with E-state index in [1.807, 2.05) is 24.3 Å². The monoisotopic (exact) mass is 301 g/mol. The molecular weight excluding hydrogens is 282 g/mol. The lowest BCUT2D eigenvalue weighted by molar-refractivity contribution is 0.741. The minimum atomic E-state index is 0.768. The Bertz CT molecular complexity index is 614. The molecule has 0 saturated carbocycles. The molecule has 21 heavy (non-hydrogen) atoms. The number of para-hydroxylation sites is 2. The van der Waals surface area contributed by atoms with Crippen molar-refractivity contribution in [2.24, 2.45) is 0 Å². The third kappa shape index (κ3) is 3.24. The van der Waals surface area contributed by atoms with Gasteiger partial charge in [-0.05, 0) is 30.3 Å². The van der Waals surface area contributed by atoms with Gasteiger partial charge >= 0.3 is 0 Å². The summed E-state index contributed by atoms with van der Waals surface area (Å²) in [4.78, 5) is 4.75. The number of rotatable bonds is 4. The van der Waals surface area contributed by atoms with Crippen LogP contribution in [0.2, 0.25) is 5.02 Å². The van der Waals surface area contributed by atoms with E-state index in [1.54, 1.807) is 0 Å². The SMILES string of the molecule is CN1CCN(CCNc2cccc(Cl)c2)c2ccccc21. The molecule has 3 rings (SSSR count). The van der Waals surface area contributed by atoms with Gasteiger partial charge in [-0.25, -0.2) is 0 Å². The molecule has 0 unspecified atom stereocenters. The Labute approximate surface area is 131 Å². The van der Waals surface area contributed by atoms with Crippen molar-refractivity contribution in [3.63, 3.8) is 0 Å². The highest BCUT2D eigenvalue weighted by molar-refractivity contribution is 6.30. The van der Waals surface area contributed by atoms with Crippen LogP contribution in [0.25, 0.3) is 0 Å². The second kappa shape index (κ2) is 6.27. The molecule has 1 aliphatic rings. The molecule has 0 spiro atoms. The topological polar surface area (TPSA) is 18.5 Å². The zero-order valence-electron chi connectivity index (χ0n) is 12.2. The Morgan fingerprint density at radius 2 is 1.86 bits per heavy atom. The van der Waals surface area contributed by atoms with E-state index in [9.17, 15) is 0 Å². The number of benzene rings is 2. The first kappa shape index (κ1) is 14.1. The summed E-state index contributed by atoms with van der Waals surface area (Å²) in [6.45, 7) is 4.01. The van der Waals surface area contributed by atoms with Gasteiger partial charge in [-0.2, -0.15) is 0 Å². The Hall–Kier alpha value is -1.87. The maximum absolute atomic E-state index is 6.00. The summed E-state index contributed by atoms with van der Waals surface area (Å²) >= 11 is 6.00.